The number of anilines is 1. The van der Waals surface area contributed by atoms with Crippen LogP contribution in [-0.2, 0) is 14.4 Å². The number of nitrogen functional groups attached to an aromatic ring is 1. The van der Waals surface area contributed by atoms with Gasteiger partial charge in [0.25, 0.3) is 11.8 Å². The van der Waals surface area contributed by atoms with Gasteiger partial charge in [0, 0.05) is 16.7 Å². The maximum absolute atomic E-state index is 12.4. The van der Waals surface area contributed by atoms with Crippen molar-refractivity contribution >= 4 is 57.6 Å². The first-order chi connectivity index (χ1) is 12.3. The third-order valence-corrected chi connectivity index (χ3v) is 5.95. The van der Waals surface area contributed by atoms with E-state index in [9.17, 15) is 24.6 Å². The van der Waals surface area contributed by atoms with Crippen molar-refractivity contribution in [2.45, 2.75) is 17.5 Å². The molecule has 2 aliphatic heterocycles. The zero-order valence-corrected chi connectivity index (χ0v) is 15.3. The first kappa shape index (κ1) is 18.7. The molecule has 0 spiro atoms. The molecule has 1 aromatic heterocycles. The van der Waals surface area contributed by atoms with Crippen molar-refractivity contribution in [2.75, 3.05) is 11.5 Å². The van der Waals surface area contributed by atoms with Crippen LogP contribution >= 0.6 is 34.7 Å². The van der Waals surface area contributed by atoms with Crippen LogP contribution in [0.25, 0.3) is 0 Å². The monoisotopic (exact) mass is 416 g/mol. The molecule has 12 heteroatoms. The Morgan fingerprint density at radius 3 is 2.85 bits per heavy atom. The summed E-state index contributed by atoms with van der Waals surface area (Å²) in [5, 5.41) is 22.9. The van der Waals surface area contributed by atoms with Crippen LogP contribution in [0.5, 0.6) is 0 Å². The molecule has 3 rings (SSSR count). The second-order valence-electron chi connectivity index (χ2n) is 5.38. The van der Waals surface area contributed by atoms with Gasteiger partial charge in [-0.3, -0.25) is 14.5 Å². The van der Waals surface area contributed by atoms with Gasteiger partial charge in [-0.15, -0.1) is 23.1 Å². The zero-order chi connectivity index (χ0) is 19.0. The van der Waals surface area contributed by atoms with Crippen molar-refractivity contribution in [3.05, 3.63) is 34.0 Å². The van der Waals surface area contributed by atoms with Gasteiger partial charge in [0.1, 0.15) is 17.1 Å². The minimum Gasteiger partial charge on any atom is -0.477 e. The molecule has 0 bridgehead atoms. The van der Waals surface area contributed by atoms with Crippen LogP contribution < -0.4 is 11.1 Å². The number of thioether (sulfide) groups is 1. The van der Waals surface area contributed by atoms with E-state index in [1.807, 2.05) is 0 Å². The molecule has 0 radical (unpaired) electrons. The molecule has 1 saturated heterocycles. The second-order valence-corrected chi connectivity index (χ2v) is 7.63. The van der Waals surface area contributed by atoms with Crippen molar-refractivity contribution in [3.8, 4) is 0 Å². The molecule has 9 nitrogen and oxygen atoms in total. The largest absolute Gasteiger partial charge is 0.477 e. The van der Waals surface area contributed by atoms with Crippen LogP contribution in [0.3, 0.4) is 0 Å². The highest BCUT2D eigenvalue weighted by molar-refractivity contribution is 8.00. The number of amides is 2. The number of halogens is 1. The number of rotatable bonds is 5. The number of carboxylic acids is 1. The summed E-state index contributed by atoms with van der Waals surface area (Å²) in [4.78, 5) is 41.0. The van der Waals surface area contributed by atoms with Gasteiger partial charge >= 0.3 is 5.97 Å². The molecule has 2 aliphatic rings. The van der Waals surface area contributed by atoms with Crippen molar-refractivity contribution in [3.63, 3.8) is 0 Å². The first-order valence-corrected chi connectivity index (χ1v) is 9.59. The summed E-state index contributed by atoms with van der Waals surface area (Å²) >= 11 is 7.88. The van der Waals surface area contributed by atoms with Gasteiger partial charge in [0.2, 0.25) is 0 Å². The Morgan fingerprint density at radius 1 is 1.54 bits per heavy atom. The van der Waals surface area contributed by atoms with Crippen LogP contribution in [0.4, 0.5) is 5.13 Å². The number of aromatic nitrogens is 1. The Morgan fingerprint density at radius 2 is 2.27 bits per heavy atom. The molecule has 1 aromatic rings. The predicted molar refractivity (Wildman–Crippen MR) is 96.2 cm³/mol. The molecule has 3 heterocycles. The number of allylic oxidation sites excluding steroid dienone is 1. The minimum absolute atomic E-state index is 0.0885. The summed E-state index contributed by atoms with van der Waals surface area (Å²) in [6.45, 7) is 0. The number of aliphatic carboxylic acids is 1. The standard InChI is InChI=1S/C14H13ClN4O5S2/c15-2-1-5-3-25-12-7(11(22)19(12)8(5)13(23)24)18-10(21)9(20)6-4-26-14(16)17-6/h1-2,4,7,9,12,20H,3H2,(H2,16,17)(H,18,21)(H,23,24)/b2-1+/t7?,9?,12-/m0/s1. The van der Waals surface area contributed by atoms with Crippen molar-refractivity contribution in [1.82, 2.24) is 15.2 Å². The Bertz CT molecular complexity index is 839. The number of nitrogens with zero attached hydrogens (tertiary/aromatic N) is 2. The maximum atomic E-state index is 12.4. The third kappa shape index (κ3) is 3.18. The van der Waals surface area contributed by atoms with Crippen LogP contribution in [0.1, 0.15) is 11.8 Å². The Balaban J connectivity index is 1.74. The predicted octanol–water partition coefficient (Wildman–Crippen LogP) is 0.250. The normalized spacial score (nSPS) is 23.6. The number of nitrogens with one attached hydrogen (secondary N) is 1. The highest BCUT2D eigenvalue weighted by atomic mass is 35.5. The lowest BCUT2D eigenvalue weighted by Gasteiger charge is -2.49. The van der Waals surface area contributed by atoms with Gasteiger partial charge in [0.15, 0.2) is 11.2 Å². The third-order valence-electron chi connectivity index (χ3n) is 3.83. The van der Waals surface area contributed by atoms with E-state index in [2.05, 4.69) is 10.3 Å². The van der Waals surface area contributed by atoms with E-state index in [-0.39, 0.29) is 16.5 Å². The summed E-state index contributed by atoms with van der Waals surface area (Å²) in [5.74, 6) is -2.31. The fraction of sp³-hybridized carbons (Fsp3) is 0.286. The number of hydrogen-bond acceptors (Lipinski definition) is 8. The van der Waals surface area contributed by atoms with Gasteiger partial charge in [-0.05, 0) is 11.6 Å². The molecule has 0 aliphatic carbocycles. The van der Waals surface area contributed by atoms with Crippen molar-refractivity contribution < 1.29 is 24.6 Å². The molecule has 1 fully saturated rings. The van der Waals surface area contributed by atoms with E-state index in [0.29, 0.717) is 11.3 Å². The molecule has 2 amide bonds. The first-order valence-electron chi connectivity index (χ1n) is 7.22. The number of carbonyl (C=O) groups is 3. The Labute approximate surface area is 160 Å². The summed E-state index contributed by atoms with van der Waals surface area (Å²) in [5.41, 5.74) is 6.99. The number of hydrogen-bond donors (Lipinski definition) is 4. The van der Waals surface area contributed by atoms with E-state index in [0.717, 1.165) is 16.2 Å². The highest BCUT2D eigenvalue weighted by Gasteiger charge is 2.54. The highest BCUT2D eigenvalue weighted by Crippen LogP contribution is 2.40. The van der Waals surface area contributed by atoms with E-state index >= 15 is 0 Å². The molecule has 2 unspecified atom stereocenters. The van der Waals surface area contributed by atoms with Gasteiger partial charge in [-0.25, -0.2) is 9.78 Å². The summed E-state index contributed by atoms with van der Waals surface area (Å²) in [6.07, 6.45) is -0.146. The lowest BCUT2D eigenvalue weighted by molar-refractivity contribution is -0.151. The zero-order valence-electron chi connectivity index (χ0n) is 13.0. The molecule has 138 valence electrons. The number of thiazole rings is 1. The molecule has 0 saturated carbocycles. The van der Waals surface area contributed by atoms with Gasteiger partial charge in [-0.1, -0.05) is 11.6 Å². The lowest BCUT2D eigenvalue weighted by atomic mass is 10.0. The summed E-state index contributed by atoms with van der Waals surface area (Å²) in [7, 11) is 0. The smallest absolute Gasteiger partial charge is 0.352 e. The fourth-order valence-corrected chi connectivity index (χ4v) is 4.69. The lowest BCUT2D eigenvalue weighted by Crippen LogP contribution is -2.70. The average molecular weight is 417 g/mol. The quantitative estimate of drug-likeness (QED) is 0.499. The van der Waals surface area contributed by atoms with Crippen LogP contribution in [0, 0.1) is 0 Å². The summed E-state index contributed by atoms with van der Waals surface area (Å²) in [6, 6.07) is -0.936. The second kappa shape index (κ2) is 7.27. The topological polar surface area (TPSA) is 146 Å². The number of β-lactam (4-membered cyclic amide) rings is 1. The molecule has 5 N–H and O–H groups in total. The number of aliphatic hydroxyl groups is 1. The fourth-order valence-electron chi connectivity index (χ4n) is 2.64. The van der Waals surface area contributed by atoms with E-state index in [1.54, 1.807) is 0 Å². The van der Waals surface area contributed by atoms with Crippen LogP contribution in [0.2, 0.25) is 0 Å². The molecule has 3 atom stereocenters. The maximum Gasteiger partial charge on any atom is 0.352 e. The number of carbonyl (C=O) groups excluding carboxylic acids is 2. The van der Waals surface area contributed by atoms with Gasteiger partial charge < -0.3 is 21.3 Å². The minimum atomic E-state index is -1.57. The van der Waals surface area contributed by atoms with Crippen LogP contribution in [0.15, 0.2) is 28.3 Å². The molecular formula is C14H13ClN4O5S2. The molecule has 0 aromatic carbocycles. The molecular weight excluding hydrogens is 404 g/mol. The van der Waals surface area contributed by atoms with Crippen molar-refractivity contribution in [1.29, 1.82) is 0 Å². The number of nitrogens with two attached hydrogens (primary N) is 1. The van der Waals surface area contributed by atoms with Gasteiger partial charge in [0.05, 0.1) is 5.69 Å². The Kier molecular flexibility index (Phi) is 5.23. The van der Waals surface area contributed by atoms with Gasteiger partial charge in [-0.2, -0.15) is 0 Å². The number of fused-ring (bicyclic) bond motifs is 1. The van der Waals surface area contributed by atoms with Crippen molar-refractivity contribution in [2.24, 2.45) is 0 Å². The van der Waals surface area contributed by atoms with E-state index < -0.39 is 35.3 Å². The van der Waals surface area contributed by atoms with E-state index in [1.165, 1.54) is 28.8 Å². The SMILES string of the molecule is Nc1nc(C(O)C(=O)NC2C(=O)N3C(C(=O)O)=C(/C=C/Cl)CS[C@@H]23)cs1. The molecule has 26 heavy (non-hydrogen) atoms. The average Bonchev–Trinajstić information content (AvgIpc) is 3.04. The summed E-state index contributed by atoms with van der Waals surface area (Å²) < 4.78 is 0. The number of carboxylic acid groups (broad SMARTS) is 1. The van der Waals surface area contributed by atoms with Crippen LogP contribution in [-0.4, -0.2) is 55.0 Å². The Hall–Kier alpha value is -2.08. The van der Waals surface area contributed by atoms with E-state index in [4.69, 9.17) is 17.3 Å². The number of aliphatic hydroxyl groups excluding tert-OH is 1.